The third-order valence-electron chi connectivity index (χ3n) is 3.86. The summed E-state index contributed by atoms with van der Waals surface area (Å²) in [5, 5.41) is 4.31. The lowest BCUT2D eigenvalue weighted by molar-refractivity contribution is 0.0979. The predicted molar refractivity (Wildman–Crippen MR) is 80.7 cm³/mol. The van der Waals surface area contributed by atoms with Gasteiger partial charge in [0.25, 0.3) is 0 Å². The van der Waals surface area contributed by atoms with E-state index in [9.17, 15) is 4.79 Å². The summed E-state index contributed by atoms with van der Waals surface area (Å²) in [7, 11) is 0. The smallest absolute Gasteiger partial charge is 0.226 e. The molecule has 1 aliphatic rings. The lowest BCUT2D eigenvalue weighted by Gasteiger charge is -2.20. The van der Waals surface area contributed by atoms with E-state index in [4.69, 9.17) is 4.42 Å². The fraction of sp³-hybridized carbons (Fsp3) is 0.176. The van der Waals surface area contributed by atoms with Gasteiger partial charge in [-0.3, -0.25) is 4.79 Å². The summed E-state index contributed by atoms with van der Waals surface area (Å²) >= 11 is 0. The zero-order valence-electron chi connectivity index (χ0n) is 11.4. The van der Waals surface area contributed by atoms with Gasteiger partial charge in [0.15, 0.2) is 5.78 Å². The van der Waals surface area contributed by atoms with Crippen LogP contribution >= 0.6 is 0 Å². The second-order valence-electron chi connectivity index (χ2n) is 5.22. The molecule has 3 heterocycles. The van der Waals surface area contributed by atoms with Gasteiger partial charge >= 0.3 is 0 Å². The molecule has 4 nitrogen and oxygen atoms in total. The maximum Gasteiger partial charge on any atom is 0.226 e. The normalized spacial score (nSPS) is 14.0. The first-order valence-corrected chi connectivity index (χ1v) is 7.04. The molecule has 0 bridgehead atoms. The number of benzene rings is 1. The highest BCUT2D eigenvalue weighted by molar-refractivity contribution is 6.05. The van der Waals surface area contributed by atoms with Crippen molar-refractivity contribution in [3.63, 3.8) is 0 Å². The van der Waals surface area contributed by atoms with Crippen molar-refractivity contribution in [2.45, 2.75) is 12.8 Å². The van der Waals surface area contributed by atoms with Crippen molar-refractivity contribution in [2.24, 2.45) is 0 Å². The van der Waals surface area contributed by atoms with Crippen molar-refractivity contribution in [3.05, 3.63) is 59.5 Å². The van der Waals surface area contributed by atoms with Crippen molar-refractivity contribution in [3.8, 4) is 0 Å². The Kier molecular flexibility index (Phi) is 2.74. The number of fused-ring (bicyclic) bond motifs is 2. The Bertz CT molecular complexity index is 821. The van der Waals surface area contributed by atoms with Gasteiger partial charge in [-0.25, -0.2) is 4.98 Å². The molecule has 0 fully saturated rings. The van der Waals surface area contributed by atoms with Gasteiger partial charge in [0, 0.05) is 24.8 Å². The van der Waals surface area contributed by atoms with E-state index in [2.05, 4.69) is 22.4 Å². The van der Waals surface area contributed by atoms with E-state index in [1.54, 1.807) is 6.26 Å². The highest BCUT2D eigenvalue weighted by atomic mass is 16.3. The summed E-state index contributed by atoms with van der Waals surface area (Å²) in [4.78, 5) is 16.5. The van der Waals surface area contributed by atoms with Crippen LogP contribution in [0.1, 0.15) is 28.0 Å². The zero-order valence-corrected chi connectivity index (χ0v) is 11.4. The van der Waals surface area contributed by atoms with Crippen molar-refractivity contribution >= 4 is 22.6 Å². The number of hydrogen-bond acceptors (Lipinski definition) is 4. The van der Waals surface area contributed by atoms with Crippen LogP contribution in [0.5, 0.6) is 0 Å². The summed E-state index contributed by atoms with van der Waals surface area (Å²) < 4.78 is 5.42. The summed E-state index contributed by atoms with van der Waals surface area (Å²) in [6.45, 7) is 0.665. The third kappa shape index (κ3) is 2.00. The van der Waals surface area contributed by atoms with Crippen LogP contribution in [0.2, 0.25) is 0 Å². The van der Waals surface area contributed by atoms with Crippen LogP contribution < -0.4 is 5.32 Å². The monoisotopic (exact) mass is 278 g/mol. The van der Waals surface area contributed by atoms with E-state index in [-0.39, 0.29) is 5.78 Å². The first kappa shape index (κ1) is 12.1. The summed E-state index contributed by atoms with van der Waals surface area (Å²) in [5.41, 5.74) is 4.20. The van der Waals surface area contributed by atoms with Gasteiger partial charge in [0.05, 0.1) is 12.0 Å². The number of nitrogens with zero attached hydrogens (tertiary/aromatic N) is 1. The van der Waals surface area contributed by atoms with E-state index >= 15 is 0 Å². The number of anilines is 1. The Labute approximate surface area is 121 Å². The molecular weight excluding hydrogens is 264 g/mol. The standard InChI is InChI=1S/C17H14N2O2/c20-14-6-8-18-15-13(10-11-4-2-1-3-5-11)12-7-9-21-17(12)19-16(14)15/h1-5,7,9,18H,6,8,10H2. The van der Waals surface area contributed by atoms with Gasteiger partial charge in [0.2, 0.25) is 5.71 Å². The number of rotatable bonds is 2. The van der Waals surface area contributed by atoms with E-state index in [1.807, 2.05) is 24.3 Å². The highest BCUT2D eigenvalue weighted by Crippen LogP contribution is 2.33. The molecule has 1 aliphatic heterocycles. The number of carbonyl (C=O) groups is 1. The van der Waals surface area contributed by atoms with Crippen molar-refractivity contribution < 1.29 is 9.21 Å². The summed E-state index contributed by atoms with van der Waals surface area (Å²) in [6, 6.07) is 12.1. The number of aromatic nitrogens is 1. The van der Waals surface area contributed by atoms with Gasteiger partial charge in [-0.05, 0) is 17.2 Å². The highest BCUT2D eigenvalue weighted by Gasteiger charge is 2.24. The van der Waals surface area contributed by atoms with Crippen LogP contribution in [-0.2, 0) is 6.42 Å². The number of Topliss-reactive ketones (excluding diaryl/α,β-unsaturated/α-hetero) is 1. The SMILES string of the molecule is O=C1CCNc2c1nc1occc1c2Cc1ccccc1. The fourth-order valence-electron chi connectivity index (χ4n) is 2.85. The molecule has 4 rings (SSSR count). The number of ketones is 1. The minimum absolute atomic E-state index is 0.0800. The van der Waals surface area contributed by atoms with Gasteiger partial charge < -0.3 is 9.73 Å². The van der Waals surface area contributed by atoms with Gasteiger partial charge in [-0.2, -0.15) is 0 Å². The molecule has 0 spiro atoms. The maximum atomic E-state index is 12.1. The van der Waals surface area contributed by atoms with Crippen molar-refractivity contribution in [2.75, 3.05) is 11.9 Å². The summed E-state index contributed by atoms with van der Waals surface area (Å²) in [5.74, 6) is 0.0800. The summed E-state index contributed by atoms with van der Waals surface area (Å²) in [6.07, 6.45) is 2.86. The van der Waals surface area contributed by atoms with E-state index in [1.165, 1.54) is 5.56 Å². The molecule has 2 aromatic heterocycles. The molecular formula is C17H14N2O2. The Morgan fingerprint density at radius 3 is 2.90 bits per heavy atom. The fourth-order valence-corrected chi connectivity index (χ4v) is 2.85. The van der Waals surface area contributed by atoms with E-state index in [0.717, 1.165) is 23.1 Å². The van der Waals surface area contributed by atoms with Crippen molar-refractivity contribution in [1.29, 1.82) is 0 Å². The third-order valence-corrected chi connectivity index (χ3v) is 3.86. The quantitative estimate of drug-likeness (QED) is 0.780. The Hall–Kier alpha value is -2.62. The Balaban J connectivity index is 1.93. The number of hydrogen-bond donors (Lipinski definition) is 1. The molecule has 0 radical (unpaired) electrons. The van der Waals surface area contributed by atoms with Crippen LogP contribution in [0.15, 0.2) is 47.1 Å². The molecule has 0 saturated heterocycles. The molecule has 1 aromatic carbocycles. The van der Waals surface area contributed by atoms with E-state index < -0.39 is 0 Å². The van der Waals surface area contributed by atoms with Crippen LogP contribution in [0.25, 0.3) is 11.1 Å². The molecule has 21 heavy (non-hydrogen) atoms. The lowest BCUT2D eigenvalue weighted by atomic mass is 9.96. The molecule has 4 heteroatoms. The Morgan fingerprint density at radius 2 is 2.05 bits per heavy atom. The van der Waals surface area contributed by atoms with Crippen LogP contribution in [0, 0.1) is 0 Å². The molecule has 0 aliphatic carbocycles. The number of pyridine rings is 1. The zero-order chi connectivity index (χ0) is 14.2. The lowest BCUT2D eigenvalue weighted by Crippen LogP contribution is -2.21. The van der Waals surface area contributed by atoms with Gasteiger partial charge in [0.1, 0.15) is 5.69 Å². The number of nitrogens with one attached hydrogen (secondary N) is 1. The first-order chi connectivity index (χ1) is 10.3. The minimum atomic E-state index is 0.0800. The number of furan rings is 1. The number of carbonyl (C=O) groups excluding carboxylic acids is 1. The van der Waals surface area contributed by atoms with Crippen LogP contribution in [-0.4, -0.2) is 17.3 Å². The molecule has 0 saturated carbocycles. The average Bonchev–Trinajstić information content (AvgIpc) is 2.97. The minimum Gasteiger partial charge on any atom is -0.446 e. The predicted octanol–water partition coefficient (Wildman–Crippen LogP) is 3.42. The molecule has 104 valence electrons. The van der Waals surface area contributed by atoms with E-state index in [0.29, 0.717) is 24.4 Å². The molecule has 3 aromatic rings. The van der Waals surface area contributed by atoms with Crippen molar-refractivity contribution in [1.82, 2.24) is 4.98 Å². The molecule has 1 N–H and O–H groups in total. The van der Waals surface area contributed by atoms with Crippen LogP contribution in [0.3, 0.4) is 0 Å². The average molecular weight is 278 g/mol. The van der Waals surface area contributed by atoms with Crippen LogP contribution in [0.4, 0.5) is 5.69 Å². The second kappa shape index (κ2) is 4.74. The second-order valence-corrected chi connectivity index (χ2v) is 5.22. The van der Waals surface area contributed by atoms with Gasteiger partial charge in [-0.1, -0.05) is 30.3 Å². The topological polar surface area (TPSA) is 55.1 Å². The maximum absolute atomic E-state index is 12.1. The molecule has 0 unspecified atom stereocenters. The molecule has 0 amide bonds. The molecule has 0 atom stereocenters. The van der Waals surface area contributed by atoms with Gasteiger partial charge in [-0.15, -0.1) is 0 Å². The largest absolute Gasteiger partial charge is 0.446 e. The Morgan fingerprint density at radius 1 is 1.19 bits per heavy atom. The first-order valence-electron chi connectivity index (χ1n) is 7.04.